The summed E-state index contributed by atoms with van der Waals surface area (Å²) in [6.45, 7) is 1.92. The van der Waals surface area contributed by atoms with Crippen LogP contribution in [0.3, 0.4) is 0 Å². The van der Waals surface area contributed by atoms with Gasteiger partial charge in [0.2, 0.25) is 15.9 Å². The summed E-state index contributed by atoms with van der Waals surface area (Å²) in [5, 5.41) is 6.41. The molecule has 152 valence electrons. The molecule has 0 radical (unpaired) electrons. The van der Waals surface area contributed by atoms with Crippen molar-refractivity contribution in [3.63, 3.8) is 0 Å². The van der Waals surface area contributed by atoms with Gasteiger partial charge in [0.15, 0.2) is 0 Å². The van der Waals surface area contributed by atoms with Gasteiger partial charge in [-0.1, -0.05) is 29.8 Å². The monoisotopic (exact) mass is 425 g/mol. The second-order valence-corrected chi connectivity index (χ2v) is 8.88. The number of methoxy groups -OCH3 is 1. The Morgan fingerprint density at radius 3 is 2.50 bits per heavy atom. The number of nitrogens with zero attached hydrogens (tertiary/aromatic N) is 1. The highest BCUT2D eigenvalue weighted by atomic mass is 35.5. The molecular formula is C19H24ClN3O4S. The molecule has 2 aromatic carbocycles. The van der Waals surface area contributed by atoms with Crippen molar-refractivity contribution in [1.29, 1.82) is 0 Å². The fourth-order valence-corrected chi connectivity index (χ4v) is 3.76. The van der Waals surface area contributed by atoms with Gasteiger partial charge in [-0.15, -0.1) is 0 Å². The van der Waals surface area contributed by atoms with E-state index in [1.807, 2.05) is 25.1 Å². The normalized spacial score (nSPS) is 12.6. The Kier molecular flexibility index (Phi) is 7.42. The topological polar surface area (TPSA) is 87.7 Å². The Balaban J connectivity index is 2.11. The highest BCUT2D eigenvalue weighted by Gasteiger charge is 2.20. The number of carbonyl (C=O) groups excluding carboxylic acids is 1. The molecule has 0 aliphatic heterocycles. The van der Waals surface area contributed by atoms with E-state index in [1.54, 1.807) is 6.07 Å². The zero-order chi connectivity index (χ0) is 20.9. The van der Waals surface area contributed by atoms with Crippen LogP contribution in [0.2, 0.25) is 5.02 Å². The van der Waals surface area contributed by atoms with E-state index >= 15 is 0 Å². The van der Waals surface area contributed by atoms with Crippen molar-refractivity contribution in [2.24, 2.45) is 0 Å². The molecule has 28 heavy (non-hydrogen) atoms. The van der Waals surface area contributed by atoms with E-state index in [4.69, 9.17) is 16.3 Å². The van der Waals surface area contributed by atoms with Crippen LogP contribution in [0.1, 0.15) is 18.5 Å². The Hall–Kier alpha value is -2.13. The van der Waals surface area contributed by atoms with E-state index in [1.165, 1.54) is 39.4 Å². The number of sulfonamides is 1. The van der Waals surface area contributed by atoms with Crippen molar-refractivity contribution >= 4 is 33.2 Å². The number of anilines is 1. The largest absolute Gasteiger partial charge is 0.495 e. The van der Waals surface area contributed by atoms with E-state index in [0.29, 0.717) is 10.8 Å². The molecule has 7 nitrogen and oxygen atoms in total. The number of halogens is 1. The van der Waals surface area contributed by atoms with E-state index in [-0.39, 0.29) is 29.1 Å². The molecule has 0 heterocycles. The van der Waals surface area contributed by atoms with Gasteiger partial charge in [-0.25, -0.2) is 12.7 Å². The lowest BCUT2D eigenvalue weighted by Crippen LogP contribution is -2.30. The van der Waals surface area contributed by atoms with Gasteiger partial charge in [0.1, 0.15) is 5.75 Å². The van der Waals surface area contributed by atoms with Gasteiger partial charge in [0.25, 0.3) is 0 Å². The first-order valence-electron chi connectivity index (χ1n) is 8.55. The summed E-state index contributed by atoms with van der Waals surface area (Å²) in [6.07, 6.45) is 0. The molecule has 2 rings (SSSR count). The Morgan fingerprint density at radius 2 is 1.89 bits per heavy atom. The summed E-state index contributed by atoms with van der Waals surface area (Å²) < 4.78 is 31.0. The maximum absolute atomic E-state index is 12.4. The Bertz CT molecular complexity index is 948. The molecule has 0 aliphatic rings. The van der Waals surface area contributed by atoms with Crippen molar-refractivity contribution in [1.82, 2.24) is 9.62 Å². The van der Waals surface area contributed by atoms with Crippen LogP contribution < -0.4 is 15.4 Å². The zero-order valence-corrected chi connectivity index (χ0v) is 17.8. The van der Waals surface area contributed by atoms with Crippen molar-refractivity contribution < 1.29 is 17.9 Å². The number of nitrogens with one attached hydrogen (secondary N) is 2. The molecule has 2 N–H and O–H groups in total. The fraction of sp³-hybridized carbons (Fsp3) is 0.316. The van der Waals surface area contributed by atoms with E-state index in [0.717, 1.165) is 9.87 Å². The highest BCUT2D eigenvalue weighted by Crippen LogP contribution is 2.28. The van der Waals surface area contributed by atoms with Gasteiger partial charge in [-0.05, 0) is 36.8 Å². The molecule has 0 fully saturated rings. The lowest BCUT2D eigenvalue weighted by atomic mass is 10.1. The third-order valence-corrected chi connectivity index (χ3v) is 6.32. The summed E-state index contributed by atoms with van der Waals surface area (Å²) in [6, 6.07) is 11.6. The number of rotatable bonds is 8. The molecule has 2 aromatic rings. The van der Waals surface area contributed by atoms with Gasteiger partial charge in [-0.2, -0.15) is 0 Å². The Morgan fingerprint density at radius 1 is 1.21 bits per heavy atom. The SMILES string of the molecule is COc1ccc(S(=O)(=O)N(C)C)cc1NC(=O)CNC(C)c1ccccc1Cl. The van der Waals surface area contributed by atoms with Crippen LogP contribution in [0.15, 0.2) is 47.4 Å². The predicted molar refractivity (Wildman–Crippen MR) is 110 cm³/mol. The number of hydrogen-bond donors (Lipinski definition) is 2. The van der Waals surface area contributed by atoms with Crippen molar-refractivity contribution in [3.05, 3.63) is 53.1 Å². The highest BCUT2D eigenvalue weighted by molar-refractivity contribution is 7.89. The number of ether oxygens (including phenoxy) is 1. The number of hydrogen-bond acceptors (Lipinski definition) is 5. The van der Waals surface area contributed by atoms with Crippen molar-refractivity contribution in [3.8, 4) is 5.75 Å². The zero-order valence-electron chi connectivity index (χ0n) is 16.2. The van der Waals surface area contributed by atoms with Gasteiger partial charge in [0.05, 0.1) is 24.2 Å². The Labute approximate surface area is 170 Å². The first-order valence-corrected chi connectivity index (χ1v) is 10.4. The van der Waals surface area contributed by atoms with Crippen LogP contribution in [0.25, 0.3) is 0 Å². The molecule has 9 heteroatoms. The number of amides is 1. The van der Waals surface area contributed by atoms with Gasteiger partial charge in [-0.3, -0.25) is 4.79 Å². The van der Waals surface area contributed by atoms with Gasteiger partial charge in [0, 0.05) is 25.2 Å². The molecule has 0 aliphatic carbocycles. The molecule has 1 amide bonds. The minimum atomic E-state index is -3.63. The molecule has 1 unspecified atom stereocenters. The fourth-order valence-electron chi connectivity index (χ4n) is 2.53. The second-order valence-electron chi connectivity index (χ2n) is 6.32. The number of benzene rings is 2. The third kappa shape index (κ3) is 5.23. The van der Waals surface area contributed by atoms with Crippen LogP contribution >= 0.6 is 11.6 Å². The third-order valence-electron chi connectivity index (χ3n) is 4.16. The summed E-state index contributed by atoms with van der Waals surface area (Å²) in [7, 11) is 0.701. The van der Waals surface area contributed by atoms with E-state index in [9.17, 15) is 13.2 Å². The standard InChI is InChI=1S/C19H24ClN3O4S/c1-13(15-7-5-6-8-16(15)20)21-12-19(24)22-17-11-14(9-10-18(17)27-4)28(25,26)23(2)3/h5-11,13,21H,12H2,1-4H3,(H,22,24). The van der Waals surface area contributed by atoms with Gasteiger partial charge >= 0.3 is 0 Å². The van der Waals surface area contributed by atoms with Crippen LogP contribution in [-0.2, 0) is 14.8 Å². The van der Waals surface area contributed by atoms with E-state index < -0.39 is 10.0 Å². The maximum Gasteiger partial charge on any atom is 0.242 e. The molecule has 0 saturated carbocycles. The first kappa shape index (κ1) is 22.2. The molecule has 1 atom stereocenters. The molecule has 0 aromatic heterocycles. The van der Waals surface area contributed by atoms with Crippen LogP contribution in [0, 0.1) is 0 Å². The summed E-state index contributed by atoms with van der Waals surface area (Å²) in [5.41, 5.74) is 1.16. The van der Waals surface area contributed by atoms with E-state index in [2.05, 4.69) is 10.6 Å². The maximum atomic E-state index is 12.4. The van der Waals surface area contributed by atoms with Crippen molar-refractivity contribution in [2.75, 3.05) is 33.1 Å². The van der Waals surface area contributed by atoms with Gasteiger partial charge < -0.3 is 15.4 Å². The summed E-state index contributed by atoms with van der Waals surface area (Å²) in [5.74, 6) is 0.0295. The smallest absolute Gasteiger partial charge is 0.242 e. The quantitative estimate of drug-likeness (QED) is 0.679. The summed E-state index contributed by atoms with van der Waals surface area (Å²) >= 11 is 6.17. The molecular weight excluding hydrogens is 402 g/mol. The molecule has 0 bridgehead atoms. The average molecular weight is 426 g/mol. The predicted octanol–water partition coefficient (Wildman–Crippen LogP) is 2.89. The van der Waals surface area contributed by atoms with Crippen LogP contribution in [0.4, 0.5) is 5.69 Å². The second kappa shape index (κ2) is 9.38. The molecule has 0 saturated heterocycles. The minimum Gasteiger partial charge on any atom is -0.495 e. The lowest BCUT2D eigenvalue weighted by Gasteiger charge is -2.17. The minimum absolute atomic E-state index is 0.0141. The van der Waals surface area contributed by atoms with Crippen molar-refractivity contribution in [2.45, 2.75) is 17.9 Å². The summed E-state index contributed by atoms with van der Waals surface area (Å²) in [4.78, 5) is 12.4. The van der Waals surface area contributed by atoms with Crippen LogP contribution in [-0.4, -0.2) is 46.4 Å². The number of carbonyl (C=O) groups is 1. The molecule has 0 spiro atoms. The first-order chi connectivity index (χ1) is 13.2. The average Bonchev–Trinajstić information content (AvgIpc) is 2.66. The lowest BCUT2D eigenvalue weighted by molar-refractivity contribution is -0.115. The van der Waals surface area contributed by atoms with Crippen LogP contribution in [0.5, 0.6) is 5.75 Å².